The molecule has 0 bridgehead atoms. The lowest BCUT2D eigenvalue weighted by molar-refractivity contribution is 0.1000. The van der Waals surface area contributed by atoms with Crippen molar-refractivity contribution >= 4 is 27.0 Å². The van der Waals surface area contributed by atoms with Crippen molar-refractivity contribution < 1.29 is 13.3 Å². The van der Waals surface area contributed by atoms with Gasteiger partial charge in [-0.2, -0.15) is 0 Å². The SMILES string of the molecule is C=C[Si](OCC=Cc1ccccc1)(OCC=Cc1ccccc1)OCC=Cc1ccccc1. The summed E-state index contributed by atoms with van der Waals surface area (Å²) in [4.78, 5) is 0. The first-order valence-corrected chi connectivity index (χ1v) is 12.8. The molecule has 0 radical (unpaired) electrons. The topological polar surface area (TPSA) is 27.7 Å². The molecule has 0 fully saturated rings. The van der Waals surface area contributed by atoms with Crippen LogP contribution in [-0.4, -0.2) is 28.6 Å². The van der Waals surface area contributed by atoms with Crippen molar-refractivity contribution in [2.75, 3.05) is 19.8 Å². The molecule has 0 aromatic heterocycles. The van der Waals surface area contributed by atoms with Crippen LogP contribution >= 0.6 is 0 Å². The second-order valence-electron chi connectivity index (χ2n) is 7.18. The average molecular weight is 455 g/mol. The monoisotopic (exact) mass is 454 g/mol. The molecule has 3 aromatic carbocycles. The predicted molar refractivity (Wildman–Crippen MR) is 140 cm³/mol. The Morgan fingerprint density at radius 3 is 1.09 bits per heavy atom. The minimum atomic E-state index is -3.07. The summed E-state index contributed by atoms with van der Waals surface area (Å²) in [6.45, 7) is 5.08. The maximum atomic E-state index is 6.13. The van der Waals surface area contributed by atoms with E-state index in [1.165, 1.54) is 0 Å². The van der Waals surface area contributed by atoms with Gasteiger partial charge in [-0.1, -0.05) is 134 Å². The molecule has 168 valence electrons. The van der Waals surface area contributed by atoms with E-state index < -0.39 is 8.80 Å². The summed E-state index contributed by atoms with van der Waals surface area (Å²) < 4.78 is 18.4. The summed E-state index contributed by atoms with van der Waals surface area (Å²) >= 11 is 0. The molecule has 4 heteroatoms. The van der Waals surface area contributed by atoms with E-state index in [1.54, 1.807) is 5.70 Å². The van der Waals surface area contributed by atoms with Crippen LogP contribution in [-0.2, 0) is 13.3 Å². The van der Waals surface area contributed by atoms with Gasteiger partial charge in [-0.3, -0.25) is 0 Å². The van der Waals surface area contributed by atoms with Gasteiger partial charge in [0.2, 0.25) is 0 Å². The van der Waals surface area contributed by atoms with Gasteiger partial charge in [0, 0.05) is 0 Å². The Balaban J connectivity index is 1.60. The molecule has 33 heavy (non-hydrogen) atoms. The Kier molecular flexibility index (Phi) is 10.3. The highest BCUT2D eigenvalue weighted by Crippen LogP contribution is 2.14. The van der Waals surface area contributed by atoms with E-state index >= 15 is 0 Å². The third-order valence-corrected chi connectivity index (χ3v) is 6.93. The van der Waals surface area contributed by atoms with Crippen LogP contribution in [0.4, 0.5) is 0 Å². The standard InChI is InChI=1S/C29H30O3Si/c1-2-33(30-24-12-21-27-15-6-3-7-16-27,31-25-13-22-28-17-8-4-9-18-28)32-26-14-23-29-19-10-5-11-20-29/h2-23H,1,24-26H2. The zero-order valence-electron chi connectivity index (χ0n) is 18.8. The van der Waals surface area contributed by atoms with Gasteiger partial charge in [0.1, 0.15) is 0 Å². The number of hydrogen-bond donors (Lipinski definition) is 0. The highest BCUT2D eigenvalue weighted by molar-refractivity contribution is 6.66. The number of rotatable bonds is 13. The van der Waals surface area contributed by atoms with E-state index in [-0.39, 0.29) is 0 Å². The highest BCUT2D eigenvalue weighted by atomic mass is 28.4. The van der Waals surface area contributed by atoms with Gasteiger partial charge in [-0.15, -0.1) is 0 Å². The lowest BCUT2D eigenvalue weighted by Crippen LogP contribution is -2.44. The molecule has 0 aliphatic rings. The van der Waals surface area contributed by atoms with Crippen LogP contribution in [0.2, 0.25) is 0 Å². The van der Waals surface area contributed by atoms with Gasteiger partial charge in [0.25, 0.3) is 0 Å². The van der Waals surface area contributed by atoms with Crippen LogP contribution in [0.15, 0.2) is 122 Å². The summed E-state index contributed by atoms with van der Waals surface area (Å²) in [6.07, 6.45) is 12.0. The van der Waals surface area contributed by atoms with E-state index in [0.29, 0.717) is 19.8 Å². The maximum absolute atomic E-state index is 6.13. The molecular formula is C29H30O3Si. The minimum absolute atomic E-state index is 0.373. The molecule has 0 amide bonds. The Hall–Kier alpha value is -3.28. The van der Waals surface area contributed by atoms with Gasteiger partial charge in [0.15, 0.2) is 0 Å². The highest BCUT2D eigenvalue weighted by Gasteiger charge is 2.37. The van der Waals surface area contributed by atoms with Crippen molar-refractivity contribution in [1.82, 2.24) is 0 Å². The second-order valence-corrected chi connectivity index (χ2v) is 9.66. The molecule has 3 nitrogen and oxygen atoms in total. The van der Waals surface area contributed by atoms with E-state index in [9.17, 15) is 0 Å². The predicted octanol–water partition coefficient (Wildman–Crippen LogP) is 6.84. The van der Waals surface area contributed by atoms with Gasteiger partial charge >= 0.3 is 8.80 Å². The van der Waals surface area contributed by atoms with Crippen molar-refractivity contribution in [3.05, 3.63) is 138 Å². The Labute approximate surface area is 198 Å². The third-order valence-electron chi connectivity index (χ3n) is 4.72. The van der Waals surface area contributed by atoms with Gasteiger partial charge in [-0.05, 0) is 22.4 Å². The van der Waals surface area contributed by atoms with E-state index in [2.05, 4.69) is 6.58 Å². The Bertz CT molecular complexity index is 898. The first-order chi connectivity index (χ1) is 16.3. The summed E-state index contributed by atoms with van der Waals surface area (Å²) in [6, 6.07) is 30.3. The average Bonchev–Trinajstić information content (AvgIpc) is 2.88. The number of hydrogen-bond acceptors (Lipinski definition) is 3. The molecule has 0 spiro atoms. The summed E-state index contributed by atoms with van der Waals surface area (Å²) in [7, 11) is -3.07. The van der Waals surface area contributed by atoms with E-state index in [4.69, 9.17) is 13.3 Å². The van der Waals surface area contributed by atoms with Crippen LogP contribution in [0, 0.1) is 0 Å². The molecule has 0 aliphatic heterocycles. The van der Waals surface area contributed by atoms with Crippen LogP contribution < -0.4 is 0 Å². The Morgan fingerprint density at radius 1 is 0.515 bits per heavy atom. The molecule has 0 heterocycles. The Morgan fingerprint density at radius 2 is 0.818 bits per heavy atom. The fourth-order valence-corrected chi connectivity index (χ4v) is 4.63. The molecule has 0 aliphatic carbocycles. The van der Waals surface area contributed by atoms with Crippen LogP contribution in [0.1, 0.15) is 16.7 Å². The summed E-state index contributed by atoms with van der Waals surface area (Å²) in [5, 5.41) is 0. The van der Waals surface area contributed by atoms with Crippen molar-refractivity contribution in [2.45, 2.75) is 0 Å². The molecule has 0 unspecified atom stereocenters. The van der Waals surface area contributed by atoms with E-state index in [0.717, 1.165) is 16.7 Å². The van der Waals surface area contributed by atoms with Gasteiger partial charge in [0.05, 0.1) is 19.8 Å². The van der Waals surface area contributed by atoms with Crippen molar-refractivity contribution in [1.29, 1.82) is 0 Å². The zero-order chi connectivity index (χ0) is 23.0. The molecule has 0 N–H and O–H groups in total. The first-order valence-electron chi connectivity index (χ1n) is 11.0. The fourth-order valence-electron chi connectivity index (χ4n) is 3.04. The normalized spacial score (nSPS) is 13.6. The molecule has 3 rings (SSSR count). The minimum Gasteiger partial charge on any atom is -0.366 e. The van der Waals surface area contributed by atoms with Crippen LogP contribution in [0.25, 0.3) is 18.2 Å². The molecule has 0 atom stereocenters. The maximum Gasteiger partial charge on any atom is 0.529 e. The van der Waals surface area contributed by atoms with Crippen LogP contribution in [0.5, 0.6) is 0 Å². The molecule has 0 saturated carbocycles. The van der Waals surface area contributed by atoms with Gasteiger partial charge < -0.3 is 13.3 Å². The van der Waals surface area contributed by atoms with E-state index in [1.807, 2.05) is 127 Å². The molecular weight excluding hydrogens is 424 g/mol. The van der Waals surface area contributed by atoms with Crippen molar-refractivity contribution in [2.24, 2.45) is 0 Å². The van der Waals surface area contributed by atoms with Crippen LogP contribution in [0.3, 0.4) is 0 Å². The van der Waals surface area contributed by atoms with Gasteiger partial charge in [-0.25, -0.2) is 0 Å². The fraction of sp³-hybridized carbons (Fsp3) is 0.103. The van der Waals surface area contributed by atoms with Crippen molar-refractivity contribution in [3.8, 4) is 0 Å². The number of benzene rings is 3. The summed E-state index contributed by atoms with van der Waals surface area (Å²) in [5.41, 5.74) is 5.04. The van der Waals surface area contributed by atoms with Crippen molar-refractivity contribution in [3.63, 3.8) is 0 Å². The first kappa shape index (κ1) is 24.4. The second kappa shape index (κ2) is 14.0. The third kappa shape index (κ3) is 9.00. The molecule has 0 saturated heterocycles. The lowest BCUT2D eigenvalue weighted by Gasteiger charge is -2.25. The summed E-state index contributed by atoms with van der Waals surface area (Å²) in [5.74, 6) is 0. The quantitative estimate of drug-likeness (QED) is 0.265. The lowest BCUT2D eigenvalue weighted by atomic mass is 10.2. The molecule has 3 aromatic rings. The largest absolute Gasteiger partial charge is 0.529 e. The smallest absolute Gasteiger partial charge is 0.366 e. The zero-order valence-corrected chi connectivity index (χ0v) is 19.8.